The number of rotatable bonds is 12. The van der Waals surface area contributed by atoms with Crippen LogP contribution in [0.1, 0.15) is 37.0 Å². The molecule has 0 saturated carbocycles. The Bertz CT molecular complexity index is 1340. The van der Waals surface area contributed by atoms with Crippen LogP contribution < -0.4 is 5.32 Å². The van der Waals surface area contributed by atoms with Crippen molar-refractivity contribution in [2.75, 3.05) is 6.61 Å². The number of thioether (sulfide) groups is 1. The molecule has 0 saturated heterocycles. The summed E-state index contributed by atoms with van der Waals surface area (Å²) in [4.78, 5) is 38.0. The number of aryl methyl sites for hydroxylation is 1. The van der Waals surface area contributed by atoms with E-state index in [1.54, 1.807) is 13.8 Å². The molecule has 1 heterocycles. The van der Waals surface area contributed by atoms with Gasteiger partial charge in [0, 0.05) is 12.0 Å². The Morgan fingerprint density at radius 2 is 1.52 bits per heavy atom. The Morgan fingerprint density at radius 3 is 2.10 bits per heavy atom. The highest BCUT2D eigenvalue weighted by Gasteiger charge is 2.54. The molecule has 3 aromatic rings. The fraction of sp³-hybridized carbons (Fsp3) is 0.290. The average molecular weight is 560 g/mol. The van der Waals surface area contributed by atoms with Crippen molar-refractivity contribution in [2.24, 2.45) is 5.10 Å². The van der Waals surface area contributed by atoms with Crippen LogP contribution in [0.5, 0.6) is 0 Å². The maximum Gasteiger partial charge on any atom is 0.343 e. The molecule has 1 aliphatic rings. The van der Waals surface area contributed by atoms with Gasteiger partial charge in [0.2, 0.25) is 4.87 Å². The number of carbonyl (C=O) groups excluding carboxylic acids is 2. The van der Waals surface area contributed by atoms with Crippen molar-refractivity contribution >= 4 is 34.7 Å². The van der Waals surface area contributed by atoms with Crippen LogP contribution in [0, 0.1) is 0 Å². The van der Waals surface area contributed by atoms with Crippen molar-refractivity contribution < 1.29 is 24.2 Å². The Labute approximate surface area is 238 Å². The lowest BCUT2D eigenvalue weighted by Crippen LogP contribution is -2.57. The number of nitrogens with zero attached hydrogens (tertiary/aromatic N) is 2. The van der Waals surface area contributed by atoms with Crippen molar-refractivity contribution in [2.45, 2.75) is 50.1 Å². The number of hydrogen-bond donors (Lipinski definition) is 2. The van der Waals surface area contributed by atoms with Gasteiger partial charge in [0.05, 0.1) is 12.6 Å². The van der Waals surface area contributed by atoms with E-state index in [1.807, 2.05) is 91.0 Å². The monoisotopic (exact) mass is 559 g/mol. The number of hydrogen-bond acceptors (Lipinski definition) is 7. The number of esters is 1. The van der Waals surface area contributed by atoms with Gasteiger partial charge in [0.25, 0.3) is 5.91 Å². The van der Waals surface area contributed by atoms with Crippen molar-refractivity contribution in [3.8, 4) is 0 Å². The van der Waals surface area contributed by atoms with Crippen molar-refractivity contribution in [3.05, 3.63) is 108 Å². The van der Waals surface area contributed by atoms with Gasteiger partial charge in [-0.3, -0.25) is 14.9 Å². The van der Waals surface area contributed by atoms with E-state index in [1.165, 1.54) is 0 Å². The minimum absolute atomic E-state index is 0.0431. The standard InChI is InChI=1S/C31H33N3O5S/c1-3-39-29(36)26(20-19-23-13-7-4-8-14-23)32-22(2)28(35)34-31(30(37)38,21-24-15-9-5-10-16-24)40-27(33-34)25-17-11-6-12-18-25/h4-18,22,26,32H,3,19-21H2,1-2H3,(H,37,38)/t22-,26-,31+/m0/s1. The van der Waals surface area contributed by atoms with E-state index in [0.717, 1.165) is 33.5 Å². The first-order chi connectivity index (χ1) is 19.3. The third kappa shape index (κ3) is 6.78. The zero-order valence-electron chi connectivity index (χ0n) is 22.5. The van der Waals surface area contributed by atoms with Gasteiger partial charge in [-0.15, -0.1) is 0 Å². The van der Waals surface area contributed by atoms with E-state index in [9.17, 15) is 19.5 Å². The summed E-state index contributed by atoms with van der Waals surface area (Å²) in [6, 6.07) is 26.4. The van der Waals surface area contributed by atoms with Gasteiger partial charge in [0.1, 0.15) is 11.1 Å². The lowest BCUT2D eigenvalue weighted by Gasteiger charge is -2.33. The van der Waals surface area contributed by atoms with Crippen LogP contribution >= 0.6 is 11.8 Å². The fourth-order valence-electron chi connectivity index (χ4n) is 4.54. The van der Waals surface area contributed by atoms with E-state index in [4.69, 9.17) is 4.74 Å². The molecular formula is C31H33N3O5S. The number of carboxylic acid groups (broad SMARTS) is 1. The molecule has 1 aliphatic heterocycles. The maximum absolute atomic E-state index is 14.0. The quantitative estimate of drug-likeness (QED) is 0.315. The Kier molecular flexibility index (Phi) is 9.74. The molecule has 0 aromatic heterocycles. The predicted octanol–water partition coefficient (Wildman–Crippen LogP) is 4.49. The summed E-state index contributed by atoms with van der Waals surface area (Å²) >= 11 is 1.04. The molecule has 0 fully saturated rings. The summed E-state index contributed by atoms with van der Waals surface area (Å²) in [6.07, 6.45) is 1.05. The molecule has 208 valence electrons. The number of amides is 1. The number of nitrogens with one attached hydrogen (secondary N) is 1. The number of carbonyl (C=O) groups is 3. The Balaban J connectivity index is 1.62. The van der Waals surface area contributed by atoms with E-state index in [2.05, 4.69) is 10.4 Å². The predicted molar refractivity (Wildman–Crippen MR) is 156 cm³/mol. The summed E-state index contributed by atoms with van der Waals surface area (Å²) in [5.74, 6) is -2.19. The normalized spacial score (nSPS) is 18.1. The van der Waals surface area contributed by atoms with Gasteiger partial charge in [0.15, 0.2) is 0 Å². The fourth-order valence-corrected chi connectivity index (χ4v) is 5.78. The van der Waals surface area contributed by atoms with Gasteiger partial charge in [-0.1, -0.05) is 103 Å². The van der Waals surface area contributed by atoms with E-state index < -0.39 is 34.8 Å². The van der Waals surface area contributed by atoms with E-state index in [-0.39, 0.29) is 13.0 Å². The average Bonchev–Trinajstić information content (AvgIpc) is 3.37. The summed E-state index contributed by atoms with van der Waals surface area (Å²) < 4.78 is 5.28. The van der Waals surface area contributed by atoms with Gasteiger partial charge >= 0.3 is 11.9 Å². The highest BCUT2D eigenvalue weighted by atomic mass is 32.2. The van der Waals surface area contributed by atoms with Crippen LogP contribution in [0.25, 0.3) is 0 Å². The molecule has 40 heavy (non-hydrogen) atoms. The number of carboxylic acids is 1. The molecule has 8 nitrogen and oxygen atoms in total. The molecular weight excluding hydrogens is 526 g/mol. The molecule has 0 unspecified atom stereocenters. The lowest BCUT2D eigenvalue weighted by atomic mass is 10.0. The topological polar surface area (TPSA) is 108 Å². The van der Waals surface area contributed by atoms with Crippen LogP contribution in [0.15, 0.2) is 96.1 Å². The minimum Gasteiger partial charge on any atom is -0.479 e. The van der Waals surface area contributed by atoms with Crippen LogP contribution in [0.2, 0.25) is 0 Å². The van der Waals surface area contributed by atoms with E-state index in [0.29, 0.717) is 17.9 Å². The highest BCUT2D eigenvalue weighted by Crippen LogP contribution is 2.42. The van der Waals surface area contributed by atoms with E-state index >= 15 is 0 Å². The second-order valence-corrected chi connectivity index (χ2v) is 10.8. The molecule has 9 heteroatoms. The molecule has 0 spiro atoms. The van der Waals surface area contributed by atoms with Crippen molar-refractivity contribution in [3.63, 3.8) is 0 Å². The first-order valence-corrected chi connectivity index (χ1v) is 14.1. The van der Waals surface area contributed by atoms with Gasteiger partial charge in [-0.2, -0.15) is 5.10 Å². The largest absolute Gasteiger partial charge is 0.479 e. The van der Waals surface area contributed by atoms with Gasteiger partial charge in [-0.25, -0.2) is 9.80 Å². The molecule has 3 aromatic carbocycles. The summed E-state index contributed by atoms with van der Waals surface area (Å²) in [5.41, 5.74) is 2.53. The number of hydrazone groups is 1. The van der Waals surface area contributed by atoms with Crippen LogP contribution in [0.3, 0.4) is 0 Å². The summed E-state index contributed by atoms with van der Waals surface area (Å²) in [6.45, 7) is 3.55. The number of benzene rings is 3. The first kappa shape index (κ1) is 29.0. The molecule has 0 aliphatic carbocycles. The third-order valence-corrected chi connectivity index (χ3v) is 7.95. The molecule has 3 atom stereocenters. The SMILES string of the molecule is CCOC(=O)[C@H](CCc1ccccc1)N[C@@H](C)C(=O)N1N=C(c2ccccc2)S[C@]1(Cc1ccccc1)C(=O)O. The molecule has 1 amide bonds. The Morgan fingerprint density at radius 1 is 0.950 bits per heavy atom. The Hall–Kier alpha value is -3.95. The van der Waals surface area contributed by atoms with Crippen molar-refractivity contribution in [1.29, 1.82) is 0 Å². The first-order valence-electron chi connectivity index (χ1n) is 13.2. The molecule has 4 rings (SSSR count). The van der Waals surface area contributed by atoms with Crippen molar-refractivity contribution in [1.82, 2.24) is 10.3 Å². The maximum atomic E-state index is 14.0. The minimum atomic E-state index is -1.71. The van der Waals surface area contributed by atoms with Gasteiger partial charge < -0.3 is 9.84 Å². The number of aliphatic carboxylic acids is 1. The zero-order valence-corrected chi connectivity index (χ0v) is 23.3. The highest BCUT2D eigenvalue weighted by molar-refractivity contribution is 8.16. The van der Waals surface area contributed by atoms with Crippen LogP contribution in [0.4, 0.5) is 0 Å². The zero-order chi connectivity index (χ0) is 28.5. The second-order valence-electron chi connectivity index (χ2n) is 9.49. The number of ether oxygens (including phenoxy) is 1. The van der Waals surface area contributed by atoms with Gasteiger partial charge in [-0.05, 0) is 37.8 Å². The third-order valence-electron chi connectivity index (χ3n) is 6.61. The van der Waals surface area contributed by atoms with Crippen LogP contribution in [-0.2, 0) is 32.0 Å². The summed E-state index contributed by atoms with van der Waals surface area (Å²) in [5, 5.41) is 19.7. The summed E-state index contributed by atoms with van der Waals surface area (Å²) in [7, 11) is 0. The van der Waals surface area contributed by atoms with Crippen LogP contribution in [-0.4, -0.2) is 56.6 Å². The second kappa shape index (κ2) is 13.4. The molecule has 0 radical (unpaired) electrons. The molecule has 0 bridgehead atoms. The lowest BCUT2D eigenvalue weighted by molar-refractivity contribution is -0.154. The smallest absolute Gasteiger partial charge is 0.343 e. The molecule has 2 N–H and O–H groups in total.